The van der Waals surface area contributed by atoms with Crippen molar-refractivity contribution in [3.8, 4) is 5.75 Å². The minimum absolute atomic E-state index is 0.0912. The van der Waals surface area contributed by atoms with Crippen LogP contribution in [0.25, 0.3) is 0 Å². The summed E-state index contributed by atoms with van der Waals surface area (Å²) in [5, 5.41) is 11.9. The lowest BCUT2D eigenvalue weighted by atomic mass is 10.1. The molecule has 32 heavy (non-hydrogen) atoms. The molecule has 0 bridgehead atoms. The molecule has 0 spiro atoms. The van der Waals surface area contributed by atoms with E-state index in [1.165, 1.54) is 0 Å². The first-order valence-corrected chi connectivity index (χ1v) is 10.6. The van der Waals surface area contributed by atoms with Crippen LogP contribution in [-0.2, 0) is 13.2 Å². The monoisotopic (exact) mass is 470 g/mol. The molecule has 0 radical (unpaired) electrons. The molecule has 0 aliphatic rings. The fraction of sp³-hybridized carbons (Fsp3) is 0.174. The standard InChI is InChI=1S/C23H20Cl2N4O3/c1-14-5-3-6-16(9-14)11-29-12-20(25)22(27-29)26-23(30)21-19(15(2)32-28-21)13-31-18-8-4-7-17(24)10-18/h3-10,12H,11,13H2,1-2H3,(H,26,27,30). The third-order valence-corrected chi connectivity index (χ3v) is 5.27. The van der Waals surface area contributed by atoms with Crippen LogP contribution in [0.5, 0.6) is 5.75 Å². The van der Waals surface area contributed by atoms with E-state index in [1.54, 1.807) is 42.1 Å². The molecule has 0 atom stereocenters. The summed E-state index contributed by atoms with van der Waals surface area (Å²) in [7, 11) is 0. The van der Waals surface area contributed by atoms with Gasteiger partial charge in [0.1, 0.15) is 23.1 Å². The Morgan fingerprint density at radius 1 is 1.16 bits per heavy atom. The summed E-state index contributed by atoms with van der Waals surface area (Å²) in [6.07, 6.45) is 1.66. The van der Waals surface area contributed by atoms with E-state index in [1.807, 2.05) is 25.1 Å². The normalized spacial score (nSPS) is 10.9. The van der Waals surface area contributed by atoms with Gasteiger partial charge in [-0.15, -0.1) is 0 Å². The molecule has 7 nitrogen and oxygen atoms in total. The number of rotatable bonds is 7. The molecule has 9 heteroatoms. The Morgan fingerprint density at radius 3 is 2.75 bits per heavy atom. The average molecular weight is 471 g/mol. The van der Waals surface area contributed by atoms with E-state index < -0.39 is 5.91 Å². The molecule has 4 aromatic rings. The van der Waals surface area contributed by atoms with E-state index >= 15 is 0 Å². The number of hydrogen-bond donors (Lipinski definition) is 1. The number of carbonyl (C=O) groups is 1. The average Bonchev–Trinajstić information content (AvgIpc) is 3.28. The van der Waals surface area contributed by atoms with Gasteiger partial charge in [-0.3, -0.25) is 9.48 Å². The second-order valence-corrected chi connectivity index (χ2v) is 8.12. The zero-order valence-corrected chi connectivity index (χ0v) is 18.9. The summed E-state index contributed by atoms with van der Waals surface area (Å²) in [6, 6.07) is 15.1. The predicted molar refractivity (Wildman–Crippen MR) is 122 cm³/mol. The number of anilines is 1. The quantitative estimate of drug-likeness (QED) is 0.375. The Kier molecular flexibility index (Phi) is 6.48. The number of aromatic nitrogens is 3. The maximum absolute atomic E-state index is 12.9. The second-order valence-electron chi connectivity index (χ2n) is 7.28. The van der Waals surface area contributed by atoms with Crippen LogP contribution in [0.1, 0.15) is 32.9 Å². The molecule has 164 valence electrons. The highest BCUT2D eigenvalue weighted by Gasteiger charge is 2.22. The maximum atomic E-state index is 12.9. The summed E-state index contributed by atoms with van der Waals surface area (Å²) in [6.45, 7) is 4.36. The van der Waals surface area contributed by atoms with Crippen molar-refractivity contribution < 1.29 is 14.1 Å². The Balaban J connectivity index is 1.47. The van der Waals surface area contributed by atoms with Gasteiger partial charge in [0.15, 0.2) is 11.5 Å². The highest BCUT2D eigenvalue weighted by molar-refractivity contribution is 6.33. The van der Waals surface area contributed by atoms with Gasteiger partial charge >= 0.3 is 0 Å². The first-order valence-electron chi connectivity index (χ1n) is 9.82. The van der Waals surface area contributed by atoms with Crippen molar-refractivity contribution in [2.75, 3.05) is 5.32 Å². The van der Waals surface area contributed by atoms with Crippen LogP contribution in [0, 0.1) is 13.8 Å². The summed E-state index contributed by atoms with van der Waals surface area (Å²) in [5.74, 6) is 0.802. The van der Waals surface area contributed by atoms with Crippen LogP contribution in [0.2, 0.25) is 10.0 Å². The van der Waals surface area contributed by atoms with E-state index in [9.17, 15) is 4.79 Å². The van der Waals surface area contributed by atoms with Crippen LogP contribution in [0.3, 0.4) is 0 Å². The van der Waals surface area contributed by atoms with Gasteiger partial charge in [-0.05, 0) is 37.6 Å². The van der Waals surface area contributed by atoms with E-state index in [0.29, 0.717) is 33.7 Å². The van der Waals surface area contributed by atoms with Gasteiger partial charge in [-0.2, -0.15) is 5.10 Å². The molecule has 4 rings (SSSR count). The number of aryl methyl sites for hydroxylation is 2. The van der Waals surface area contributed by atoms with Crippen molar-refractivity contribution in [3.63, 3.8) is 0 Å². The van der Waals surface area contributed by atoms with E-state index in [-0.39, 0.29) is 18.1 Å². The fourth-order valence-corrected chi connectivity index (χ4v) is 3.56. The third kappa shape index (κ3) is 5.12. The van der Waals surface area contributed by atoms with Gasteiger partial charge in [0.05, 0.1) is 12.1 Å². The fourth-order valence-electron chi connectivity index (χ4n) is 3.18. The Hall–Kier alpha value is -3.29. The molecule has 0 saturated heterocycles. The Morgan fingerprint density at radius 2 is 1.97 bits per heavy atom. The minimum atomic E-state index is -0.491. The van der Waals surface area contributed by atoms with Crippen LogP contribution in [0.4, 0.5) is 5.82 Å². The van der Waals surface area contributed by atoms with Crippen LogP contribution in [-0.4, -0.2) is 20.8 Å². The van der Waals surface area contributed by atoms with Gasteiger partial charge in [-0.1, -0.05) is 64.3 Å². The topological polar surface area (TPSA) is 82.2 Å². The van der Waals surface area contributed by atoms with Gasteiger partial charge in [0, 0.05) is 11.2 Å². The molecule has 1 amide bonds. The van der Waals surface area contributed by atoms with E-state index in [0.717, 1.165) is 11.1 Å². The number of nitrogens with zero attached hydrogens (tertiary/aromatic N) is 3. The molecule has 1 N–H and O–H groups in total. The summed E-state index contributed by atoms with van der Waals surface area (Å²) in [4.78, 5) is 12.9. The van der Waals surface area contributed by atoms with Crippen molar-refractivity contribution in [2.24, 2.45) is 0 Å². The largest absolute Gasteiger partial charge is 0.489 e. The molecule has 0 saturated carbocycles. The van der Waals surface area contributed by atoms with Crippen molar-refractivity contribution in [3.05, 3.63) is 92.9 Å². The van der Waals surface area contributed by atoms with Crippen molar-refractivity contribution >= 4 is 34.9 Å². The van der Waals surface area contributed by atoms with E-state index in [2.05, 4.69) is 21.6 Å². The van der Waals surface area contributed by atoms with Crippen molar-refractivity contribution in [2.45, 2.75) is 27.0 Å². The molecule has 0 aliphatic carbocycles. The summed E-state index contributed by atoms with van der Waals surface area (Å²) in [5.41, 5.74) is 2.87. The SMILES string of the molecule is Cc1cccc(Cn2cc(Cl)c(NC(=O)c3noc(C)c3COc3cccc(Cl)c3)n2)c1. The van der Waals surface area contributed by atoms with Crippen LogP contribution < -0.4 is 10.1 Å². The van der Waals surface area contributed by atoms with Gasteiger partial charge < -0.3 is 14.6 Å². The molecule has 2 aromatic heterocycles. The minimum Gasteiger partial charge on any atom is -0.489 e. The molecular weight excluding hydrogens is 451 g/mol. The first kappa shape index (κ1) is 21.9. The Bertz CT molecular complexity index is 1270. The smallest absolute Gasteiger partial charge is 0.279 e. The van der Waals surface area contributed by atoms with Gasteiger partial charge in [-0.25, -0.2) is 0 Å². The highest BCUT2D eigenvalue weighted by atomic mass is 35.5. The van der Waals surface area contributed by atoms with Gasteiger partial charge in [0.25, 0.3) is 5.91 Å². The molecular formula is C23H20Cl2N4O3. The number of halogens is 2. The number of nitrogens with one attached hydrogen (secondary N) is 1. The lowest BCUT2D eigenvalue weighted by molar-refractivity contribution is 0.101. The first-order chi connectivity index (χ1) is 15.4. The Labute approximate surface area is 194 Å². The number of hydrogen-bond acceptors (Lipinski definition) is 5. The zero-order valence-electron chi connectivity index (χ0n) is 17.4. The van der Waals surface area contributed by atoms with Gasteiger partial charge in [0.2, 0.25) is 0 Å². The predicted octanol–water partition coefficient (Wildman–Crippen LogP) is 5.67. The van der Waals surface area contributed by atoms with Crippen molar-refractivity contribution in [1.29, 1.82) is 0 Å². The number of ether oxygens (including phenoxy) is 1. The zero-order chi connectivity index (χ0) is 22.7. The molecule has 0 fully saturated rings. The number of amides is 1. The molecule has 0 unspecified atom stereocenters. The second kappa shape index (κ2) is 9.46. The highest BCUT2D eigenvalue weighted by Crippen LogP contribution is 2.24. The third-order valence-electron chi connectivity index (χ3n) is 4.76. The molecule has 2 heterocycles. The molecule has 2 aromatic carbocycles. The number of carbonyl (C=O) groups excluding carboxylic acids is 1. The number of benzene rings is 2. The van der Waals surface area contributed by atoms with E-state index in [4.69, 9.17) is 32.5 Å². The van der Waals surface area contributed by atoms with Crippen LogP contribution >= 0.6 is 23.2 Å². The summed E-state index contributed by atoms with van der Waals surface area (Å²) < 4.78 is 12.6. The maximum Gasteiger partial charge on any atom is 0.279 e. The lowest BCUT2D eigenvalue weighted by Gasteiger charge is -2.07. The van der Waals surface area contributed by atoms with Crippen molar-refractivity contribution in [1.82, 2.24) is 14.9 Å². The van der Waals surface area contributed by atoms with Crippen LogP contribution in [0.15, 0.2) is 59.3 Å². The summed E-state index contributed by atoms with van der Waals surface area (Å²) >= 11 is 12.3. The molecule has 0 aliphatic heterocycles. The lowest BCUT2D eigenvalue weighted by Crippen LogP contribution is -2.16.